The van der Waals surface area contributed by atoms with E-state index in [0.29, 0.717) is 22.2 Å². The van der Waals surface area contributed by atoms with Gasteiger partial charge in [0.1, 0.15) is 0 Å². The average Bonchev–Trinajstić information content (AvgIpc) is 2.41. The van der Waals surface area contributed by atoms with E-state index in [1.165, 1.54) is 6.42 Å². The number of likely N-dealkylation sites (tertiary alicyclic amines) is 1. The van der Waals surface area contributed by atoms with Gasteiger partial charge >= 0.3 is 6.03 Å². The number of hydrogen-bond acceptors (Lipinski definition) is 2. The summed E-state index contributed by atoms with van der Waals surface area (Å²) in [4.78, 5) is 13.9. The molecule has 1 aliphatic heterocycles. The van der Waals surface area contributed by atoms with Crippen LogP contribution < -0.4 is 5.32 Å². The van der Waals surface area contributed by atoms with E-state index in [4.69, 9.17) is 16.9 Å². The number of benzene rings is 1. The Bertz CT molecular complexity index is 524. The summed E-state index contributed by atoms with van der Waals surface area (Å²) in [6.07, 6.45) is 2.21. The molecule has 0 aliphatic carbocycles. The van der Waals surface area contributed by atoms with Crippen LogP contribution in [-0.4, -0.2) is 24.0 Å². The topological polar surface area (TPSA) is 56.1 Å². The summed E-state index contributed by atoms with van der Waals surface area (Å²) in [7, 11) is 0. The number of nitrogens with zero attached hydrogens (tertiary/aromatic N) is 2. The normalized spacial score (nSPS) is 18.8. The Kier molecular flexibility index (Phi) is 4.28. The molecule has 0 spiro atoms. The summed E-state index contributed by atoms with van der Waals surface area (Å²) in [5.74, 6) is 0.538. The number of nitrogens with one attached hydrogen (secondary N) is 1. The number of carbonyl (C=O) groups is 1. The van der Waals surface area contributed by atoms with E-state index in [1.807, 2.05) is 11.0 Å². The van der Waals surface area contributed by atoms with E-state index in [0.717, 1.165) is 19.5 Å². The summed E-state index contributed by atoms with van der Waals surface area (Å²) in [6.45, 7) is 3.71. The third-order valence-corrected chi connectivity index (χ3v) is 3.60. The Balaban J connectivity index is 2.04. The molecule has 100 valence electrons. The maximum Gasteiger partial charge on any atom is 0.321 e. The van der Waals surface area contributed by atoms with Crippen molar-refractivity contribution in [3.05, 3.63) is 28.8 Å². The fourth-order valence-electron chi connectivity index (χ4n) is 2.25. The van der Waals surface area contributed by atoms with Gasteiger partial charge in [-0.3, -0.25) is 0 Å². The Labute approximate surface area is 118 Å². The van der Waals surface area contributed by atoms with Crippen LogP contribution in [0.15, 0.2) is 18.2 Å². The van der Waals surface area contributed by atoms with Gasteiger partial charge in [0.25, 0.3) is 0 Å². The highest BCUT2D eigenvalue weighted by atomic mass is 35.5. The van der Waals surface area contributed by atoms with Gasteiger partial charge in [-0.05, 0) is 37.0 Å². The highest BCUT2D eigenvalue weighted by molar-refractivity contribution is 6.33. The van der Waals surface area contributed by atoms with Gasteiger partial charge < -0.3 is 10.2 Å². The minimum absolute atomic E-state index is 0.127. The molecule has 1 aromatic rings. The van der Waals surface area contributed by atoms with Crippen molar-refractivity contribution in [3.8, 4) is 6.07 Å². The molecule has 19 heavy (non-hydrogen) atoms. The SMILES string of the molecule is CC1CCCN(C(=O)Nc2ccc(C#N)cc2Cl)C1. The van der Waals surface area contributed by atoms with Crippen molar-refractivity contribution in [3.63, 3.8) is 0 Å². The predicted molar refractivity (Wildman–Crippen MR) is 75.2 cm³/mol. The van der Waals surface area contributed by atoms with Gasteiger partial charge in [-0.15, -0.1) is 0 Å². The minimum atomic E-state index is -0.127. The van der Waals surface area contributed by atoms with Crippen LogP contribution in [0.1, 0.15) is 25.3 Å². The first-order valence-corrected chi connectivity index (χ1v) is 6.73. The number of anilines is 1. The monoisotopic (exact) mass is 277 g/mol. The van der Waals surface area contributed by atoms with E-state index in [2.05, 4.69) is 12.2 Å². The van der Waals surface area contributed by atoms with Crippen LogP contribution >= 0.6 is 11.6 Å². The number of urea groups is 1. The molecule has 1 N–H and O–H groups in total. The lowest BCUT2D eigenvalue weighted by Gasteiger charge is -2.31. The maximum atomic E-state index is 12.1. The van der Waals surface area contributed by atoms with Crippen LogP contribution in [0.3, 0.4) is 0 Å². The summed E-state index contributed by atoms with van der Waals surface area (Å²) < 4.78 is 0. The third kappa shape index (κ3) is 3.39. The molecule has 1 saturated heterocycles. The van der Waals surface area contributed by atoms with Crippen molar-refractivity contribution in [2.75, 3.05) is 18.4 Å². The zero-order chi connectivity index (χ0) is 13.8. The van der Waals surface area contributed by atoms with E-state index < -0.39 is 0 Å². The molecule has 2 rings (SSSR count). The molecule has 0 aromatic heterocycles. The first-order chi connectivity index (χ1) is 9.10. The Hall–Kier alpha value is -1.73. The van der Waals surface area contributed by atoms with Crippen molar-refractivity contribution in [2.45, 2.75) is 19.8 Å². The quantitative estimate of drug-likeness (QED) is 0.854. The molecule has 1 unspecified atom stereocenters. The van der Waals surface area contributed by atoms with E-state index in [9.17, 15) is 4.79 Å². The summed E-state index contributed by atoms with van der Waals surface area (Å²) >= 11 is 6.04. The van der Waals surface area contributed by atoms with Crippen molar-refractivity contribution in [2.24, 2.45) is 5.92 Å². The highest BCUT2D eigenvalue weighted by Crippen LogP contribution is 2.24. The Morgan fingerprint density at radius 2 is 2.37 bits per heavy atom. The zero-order valence-corrected chi connectivity index (χ0v) is 11.6. The molecule has 1 fully saturated rings. The minimum Gasteiger partial charge on any atom is -0.324 e. The van der Waals surface area contributed by atoms with Crippen molar-refractivity contribution in [1.29, 1.82) is 5.26 Å². The number of rotatable bonds is 1. The van der Waals surface area contributed by atoms with Gasteiger partial charge in [0.2, 0.25) is 0 Å². The molecule has 5 heteroatoms. The fourth-order valence-corrected chi connectivity index (χ4v) is 2.48. The van der Waals surface area contributed by atoms with E-state index >= 15 is 0 Å². The molecule has 2 amide bonds. The van der Waals surface area contributed by atoms with Crippen LogP contribution in [0.25, 0.3) is 0 Å². The second-order valence-electron chi connectivity index (χ2n) is 4.93. The number of carbonyl (C=O) groups excluding carboxylic acids is 1. The van der Waals surface area contributed by atoms with Gasteiger partial charge in [0.15, 0.2) is 0 Å². The summed E-state index contributed by atoms with van der Waals surface area (Å²) in [5.41, 5.74) is 1.03. The lowest BCUT2D eigenvalue weighted by Crippen LogP contribution is -2.41. The standard InChI is InChI=1S/C14H16ClN3O/c1-10-3-2-6-18(9-10)14(19)17-13-5-4-11(8-16)7-12(13)15/h4-5,7,10H,2-3,6,9H2,1H3,(H,17,19). The van der Waals surface area contributed by atoms with Gasteiger partial charge in [0, 0.05) is 13.1 Å². The van der Waals surface area contributed by atoms with Crippen molar-refractivity contribution >= 4 is 23.3 Å². The first-order valence-electron chi connectivity index (χ1n) is 6.35. The first kappa shape index (κ1) is 13.7. The third-order valence-electron chi connectivity index (χ3n) is 3.28. The van der Waals surface area contributed by atoms with Crippen LogP contribution in [0, 0.1) is 17.2 Å². The fraction of sp³-hybridized carbons (Fsp3) is 0.429. The molecule has 1 atom stereocenters. The van der Waals surface area contributed by atoms with Gasteiger partial charge in [-0.25, -0.2) is 4.79 Å². The van der Waals surface area contributed by atoms with Crippen LogP contribution in [-0.2, 0) is 0 Å². The molecule has 0 bridgehead atoms. The molecule has 4 nitrogen and oxygen atoms in total. The molecule has 1 aliphatic rings. The summed E-state index contributed by atoms with van der Waals surface area (Å²) in [5, 5.41) is 11.9. The molecule has 1 heterocycles. The second-order valence-corrected chi connectivity index (χ2v) is 5.34. The van der Waals surface area contributed by atoms with Crippen molar-refractivity contribution in [1.82, 2.24) is 4.90 Å². The zero-order valence-electron chi connectivity index (χ0n) is 10.8. The smallest absolute Gasteiger partial charge is 0.321 e. The summed E-state index contributed by atoms with van der Waals surface area (Å²) in [6, 6.07) is 6.73. The lowest BCUT2D eigenvalue weighted by molar-refractivity contribution is 0.182. The largest absolute Gasteiger partial charge is 0.324 e. The molecule has 1 aromatic carbocycles. The molecule has 0 saturated carbocycles. The van der Waals surface area contributed by atoms with Crippen LogP contribution in [0.2, 0.25) is 5.02 Å². The van der Waals surface area contributed by atoms with Crippen LogP contribution in [0.5, 0.6) is 0 Å². The number of halogens is 1. The number of hydrogen-bond donors (Lipinski definition) is 1. The number of amides is 2. The highest BCUT2D eigenvalue weighted by Gasteiger charge is 2.21. The average molecular weight is 278 g/mol. The molecule has 0 radical (unpaired) electrons. The molecular formula is C14H16ClN3O. The van der Waals surface area contributed by atoms with Crippen LogP contribution in [0.4, 0.5) is 10.5 Å². The van der Waals surface area contributed by atoms with Gasteiger partial charge in [-0.2, -0.15) is 5.26 Å². The predicted octanol–water partition coefficient (Wildman–Crippen LogP) is 3.48. The maximum absolute atomic E-state index is 12.1. The Morgan fingerprint density at radius 3 is 3.00 bits per heavy atom. The lowest BCUT2D eigenvalue weighted by atomic mass is 10.0. The van der Waals surface area contributed by atoms with E-state index in [-0.39, 0.29) is 6.03 Å². The van der Waals surface area contributed by atoms with Crippen molar-refractivity contribution < 1.29 is 4.79 Å². The van der Waals surface area contributed by atoms with Gasteiger partial charge in [0.05, 0.1) is 22.3 Å². The number of piperidine rings is 1. The number of nitriles is 1. The van der Waals surface area contributed by atoms with Gasteiger partial charge in [-0.1, -0.05) is 18.5 Å². The van der Waals surface area contributed by atoms with E-state index in [1.54, 1.807) is 18.2 Å². The second kappa shape index (κ2) is 5.94. The molecular weight excluding hydrogens is 262 g/mol. The Morgan fingerprint density at radius 1 is 1.58 bits per heavy atom.